The normalized spacial score (nSPS) is 10.6. The monoisotopic (exact) mass is 398 g/mol. The average Bonchev–Trinajstić information content (AvgIpc) is 3.17. The van der Waals surface area contributed by atoms with Crippen LogP contribution in [0.1, 0.15) is 26.0 Å². The number of aromatic nitrogens is 1. The lowest BCUT2D eigenvalue weighted by atomic mass is 10.0. The number of carbonyl (C=O) groups excluding carboxylic acids is 2. The van der Waals surface area contributed by atoms with E-state index < -0.39 is 5.97 Å². The number of thioether (sulfide) groups is 1. The maximum absolute atomic E-state index is 12.3. The Balaban J connectivity index is 1.66. The molecule has 7 heteroatoms. The molecule has 0 aliphatic heterocycles. The van der Waals surface area contributed by atoms with Crippen LogP contribution in [0.4, 0.5) is 5.13 Å². The van der Waals surface area contributed by atoms with E-state index in [2.05, 4.69) is 39.3 Å². The van der Waals surface area contributed by atoms with E-state index in [1.807, 2.05) is 36.4 Å². The number of anilines is 1. The molecule has 0 spiro atoms. The topological polar surface area (TPSA) is 68.3 Å². The summed E-state index contributed by atoms with van der Waals surface area (Å²) >= 11 is 2.64. The number of nitrogens with one attached hydrogen (secondary N) is 1. The Morgan fingerprint density at radius 1 is 1.07 bits per heavy atom. The van der Waals surface area contributed by atoms with Crippen LogP contribution in [0, 0.1) is 0 Å². The number of amides is 1. The molecule has 0 unspecified atom stereocenters. The minimum atomic E-state index is -0.462. The zero-order valence-electron chi connectivity index (χ0n) is 14.6. The van der Waals surface area contributed by atoms with Crippen LogP contribution in [0.15, 0.2) is 66.9 Å². The summed E-state index contributed by atoms with van der Waals surface area (Å²) in [5.41, 5.74) is 2.28. The molecule has 0 aliphatic carbocycles. The number of nitrogens with zero attached hydrogens (tertiary/aromatic N) is 1. The standard InChI is InChI=1S/C20H18N2O3S2/c1-25-19(24)16-12-21-20(27-16)22-17(23)13-26-18(14-8-4-2-5-9-14)15-10-6-3-7-11-15/h2-12,18H,13H2,1H3,(H,21,22,23). The SMILES string of the molecule is COC(=O)c1cnc(NC(=O)CSC(c2ccccc2)c2ccccc2)s1. The van der Waals surface area contributed by atoms with Crippen molar-refractivity contribution >= 4 is 40.1 Å². The van der Waals surface area contributed by atoms with Crippen molar-refractivity contribution in [1.82, 2.24) is 4.98 Å². The molecule has 0 radical (unpaired) electrons. The van der Waals surface area contributed by atoms with E-state index in [1.165, 1.54) is 13.3 Å². The molecular formula is C20H18N2O3S2. The lowest BCUT2D eigenvalue weighted by molar-refractivity contribution is -0.113. The second-order valence-electron chi connectivity index (χ2n) is 5.58. The Hall–Kier alpha value is -2.64. The first-order valence-corrected chi connectivity index (χ1v) is 10.1. The molecule has 0 aliphatic rings. The van der Waals surface area contributed by atoms with Crippen molar-refractivity contribution in [1.29, 1.82) is 0 Å². The zero-order valence-corrected chi connectivity index (χ0v) is 16.3. The third-order valence-corrected chi connectivity index (χ3v) is 5.92. The average molecular weight is 399 g/mol. The van der Waals surface area contributed by atoms with E-state index >= 15 is 0 Å². The largest absolute Gasteiger partial charge is 0.465 e. The van der Waals surface area contributed by atoms with Crippen LogP contribution in [0.2, 0.25) is 0 Å². The van der Waals surface area contributed by atoms with Crippen LogP contribution in [-0.4, -0.2) is 29.7 Å². The summed E-state index contributed by atoms with van der Waals surface area (Å²) < 4.78 is 4.65. The number of methoxy groups -OCH3 is 1. The van der Waals surface area contributed by atoms with Gasteiger partial charge in [-0.25, -0.2) is 9.78 Å². The summed E-state index contributed by atoms with van der Waals surface area (Å²) in [7, 11) is 1.31. The molecule has 1 heterocycles. The van der Waals surface area contributed by atoms with Gasteiger partial charge in [0.05, 0.1) is 24.3 Å². The predicted octanol–water partition coefficient (Wildman–Crippen LogP) is 4.39. The first kappa shape index (κ1) is 19.1. The molecule has 138 valence electrons. The molecule has 5 nitrogen and oxygen atoms in total. The molecule has 0 fully saturated rings. The fraction of sp³-hybridized carbons (Fsp3) is 0.150. The van der Waals surface area contributed by atoms with Gasteiger partial charge in [-0.3, -0.25) is 4.79 Å². The van der Waals surface area contributed by atoms with Crippen molar-refractivity contribution in [3.8, 4) is 0 Å². The van der Waals surface area contributed by atoms with E-state index in [1.54, 1.807) is 11.8 Å². The lowest BCUT2D eigenvalue weighted by Crippen LogP contribution is -2.15. The summed E-state index contributed by atoms with van der Waals surface area (Å²) in [5, 5.41) is 3.18. The number of hydrogen-bond acceptors (Lipinski definition) is 6. The second-order valence-corrected chi connectivity index (χ2v) is 7.71. The fourth-order valence-electron chi connectivity index (χ4n) is 2.48. The first-order valence-electron chi connectivity index (χ1n) is 8.23. The van der Waals surface area contributed by atoms with Gasteiger partial charge in [0.1, 0.15) is 4.88 Å². The quantitative estimate of drug-likeness (QED) is 0.598. The summed E-state index contributed by atoms with van der Waals surface area (Å²) in [6.07, 6.45) is 1.40. The third-order valence-electron chi connectivity index (χ3n) is 3.72. The van der Waals surface area contributed by atoms with Gasteiger partial charge in [-0.05, 0) is 11.1 Å². The second kappa shape index (κ2) is 9.34. The lowest BCUT2D eigenvalue weighted by Gasteiger charge is -2.17. The molecule has 3 aromatic rings. The van der Waals surface area contributed by atoms with Crippen LogP contribution >= 0.6 is 23.1 Å². The summed E-state index contributed by atoms with van der Waals surface area (Å²) in [6.45, 7) is 0. The number of benzene rings is 2. The van der Waals surface area contributed by atoms with E-state index in [4.69, 9.17) is 0 Å². The molecule has 0 atom stereocenters. The van der Waals surface area contributed by atoms with E-state index in [0.29, 0.717) is 10.0 Å². The molecule has 1 N–H and O–H groups in total. The van der Waals surface area contributed by atoms with Crippen molar-refractivity contribution in [3.05, 3.63) is 82.9 Å². The van der Waals surface area contributed by atoms with E-state index in [0.717, 1.165) is 22.5 Å². The maximum Gasteiger partial charge on any atom is 0.349 e. The Kier molecular flexibility index (Phi) is 6.62. The molecule has 3 rings (SSSR count). The molecule has 0 saturated carbocycles. The van der Waals surface area contributed by atoms with Gasteiger partial charge in [-0.1, -0.05) is 72.0 Å². The van der Waals surface area contributed by atoms with E-state index in [9.17, 15) is 9.59 Å². The highest BCUT2D eigenvalue weighted by atomic mass is 32.2. The van der Waals surface area contributed by atoms with Crippen LogP contribution in [0.25, 0.3) is 0 Å². The minimum absolute atomic E-state index is 0.0556. The van der Waals surface area contributed by atoms with Crippen LogP contribution in [0.3, 0.4) is 0 Å². The highest BCUT2D eigenvalue weighted by molar-refractivity contribution is 8.00. The summed E-state index contributed by atoms with van der Waals surface area (Å²) in [6, 6.07) is 20.2. The summed E-state index contributed by atoms with van der Waals surface area (Å²) in [5.74, 6) is -0.361. The Morgan fingerprint density at radius 2 is 1.67 bits per heavy atom. The Labute approximate surface area is 165 Å². The van der Waals surface area contributed by atoms with Gasteiger partial charge in [0.25, 0.3) is 0 Å². The van der Waals surface area contributed by atoms with Crippen LogP contribution < -0.4 is 5.32 Å². The zero-order chi connectivity index (χ0) is 19.1. The fourth-order valence-corrected chi connectivity index (χ4v) is 4.32. The smallest absolute Gasteiger partial charge is 0.349 e. The maximum atomic E-state index is 12.3. The Bertz CT molecular complexity index is 858. The highest BCUT2D eigenvalue weighted by Gasteiger charge is 2.17. The summed E-state index contributed by atoms with van der Waals surface area (Å²) in [4.78, 5) is 28.2. The van der Waals surface area contributed by atoms with Crippen molar-refractivity contribution < 1.29 is 14.3 Å². The van der Waals surface area contributed by atoms with Crippen LogP contribution in [0.5, 0.6) is 0 Å². The molecule has 0 saturated heterocycles. The van der Waals surface area contributed by atoms with Crippen molar-refractivity contribution in [3.63, 3.8) is 0 Å². The number of thiazole rings is 1. The van der Waals surface area contributed by atoms with E-state index in [-0.39, 0.29) is 16.9 Å². The predicted molar refractivity (Wildman–Crippen MR) is 109 cm³/mol. The highest BCUT2D eigenvalue weighted by Crippen LogP contribution is 2.35. The molecule has 2 aromatic carbocycles. The van der Waals surface area contributed by atoms with Gasteiger partial charge >= 0.3 is 5.97 Å². The molecular weight excluding hydrogens is 380 g/mol. The third kappa shape index (κ3) is 5.18. The first-order chi connectivity index (χ1) is 13.2. The molecule has 1 aromatic heterocycles. The minimum Gasteiger partial charge on any atom is -0.465 e. The van der Waals surface area contributed by atoms with Gasteiger partial charge in [0.2, 0.25) is 5.91 Å². The molecule has 0 bridgehead atoms. The van der Waals surface area contributed by atoms with Gasteiger partial charge in [-0.2, -0.15) is 0 Å². The van der Waals surface area contributed by atoms with Gasteiger partial charge in [-0.15, -0.1) is 11.8 Å². The molecule has 1 amide bonds. The number of rotatable bonds is 7. The van der Waals surface area contributed by atoms with Gasteiger partial charge < -0.3 is 10.1 Å². The number of hydrogen-bond donors (Lipinski definition) is 1. The molecule has 27 heavy (non-hydrogen) atoms. The van der Waals surface area contributed by atoms with Crippen molar-refractivity contribution in [2.45, 2.75) is 5.25 Å². The van der Waals surface area contributed by atoms with Gasteiger partial charge in [0, 0.05) is 0 Å². The van der Waals surface area contributed by atoms with Crippen molar-refractivity contribution in [2.24, 2.45) is 0 Å². The van der Waals surface area contributed by atoms with Crippen molar-refractivity contribution in [2.75, 3.05) is 18.2 Å². The van der Waals surface area contributed by atoms with Crippen LogP contribution in [-0.2, 0) is 9.53 Å². The van der Waals surface area contributed by atoms with Gasteiger partial charge in [0.15, 0.2) is 5.13 Å². The Morgan fingerprint density at radius 3 is 2.22 bits per heavy atom. The number of ether oxygens (including phenoxy) is 1. The number of carbonyl (C=O) groups is 2. The number of esters is 1.